The Morgan fingerprint density at radius 3 is 2.61 bits per heavy atom. The number of carbonyl (C=O) groups excluding carboxylic acids is 1. The summed E-state index contributed by atoms with van der Waals surface area (Å²) in [4.78, 5) is 22.0. The van der Waals surface area contributed by atoms with Crippen LogP contribution < -0.4 is 5.32 Å². The third-order valence-electron chi connectivity index (χ3n) is 2.44. The van der Waals surface area contributed by atoms with Crippen LogP contribution in [0.1, 0.15) is 12.0 Å². The smallest absolute Gasteiger partial charge is 0.397 e. The summed E-state index contributed by atoms with van der Waals surface area (Å²) in [6.45, 7) is 0. The van der Waals surface area contributed by atoms with Gasteiger partial charge in [0.15, 0.2) is 0 Å². The van der Waals surface area contributed by atoms with Gasteiger partial charge >= 0.3 is 12.1 Å². The Kier molecular flexibility index (Phi) is 8.32. The number of rotatable bonds is 9. The van der Waals surface area contributed by atoms with Gasteiger partial charge in [-0.1, -0.05) is 12.1 Å². The van der Waals surface area contributed by atoms with Crippen LogP contribution in [0, 0.1) is 0 Å². The van der Waals surface area contributed by atoms with Crippen LogP contribution >= 0.6 is 23.5 Å². The van der Waals surface area contributed by atoms with Gasteiger partial charge in [-0.05, 0) is 17.7 Å². The first-order chi connectivity index (χ1) is 10.8. The largest absolute Gasteiger partial charge is 0.481 e. The van der Waals surface area contributed by atoms with Gasteiger partial charge in [0, 0.05) is 17.2 Å². The molecule has 9 heteroatoms. The molecule has 1 aromatic rings. The first-order valence-electron chi connectivity index (χ1n) is 6.59. The molecule has 0 heterocycles. The van der Waals surface area contributed by atoms with Crippen molar-refractivity contribution in [2.24, 2.45) is 0 Å². The molecule has 1 aromatic carbocycles. The highest BCUT2D eigenvalue weighted by molar-refractivity contribution is 8.00. The molecule has 0 unspecified atom stereocenters. The molecule has 0 bridgehead atoms. The van der Waals surface area contributed by atoms with Crippen molar-refractivity contribution in [2.75, 3.05) is 22.6 Å². The van der Waals surface area contributed by atoms with E-state index in [9.17, 15) is 22.8 Å². The van der Waals surface area contributed by atoms with E-state index in [0.29, 0.717) is 29.0 Å². The molecule has 0 fully saturated rings. The van der Waals surface area contributed by atoms with Crippen LogP contribution in [0.2, 0.25) is 0 Å². The minimum Gasteiger partial charge on any atom is -0.481 e. The number of thioether (sulfide) groups is 2. The fourth-order valence-electron chi connectivity index (χ4n) is 1.54. The van der Waals surface area contributed by atoms with E-state index < -0.39 is 23.8 Å². The second kappa shape index (κ2) is 9.71. The van der Waals surface area contributed by atoms with E-state index in [-0.39, 0.29) is 12.2 Å². The van der Waals surface area contributed by atoms with Gasteiger partial charge in [-0.2, -0.15) is 24.9 Å². The molecule has 0 aliphatic rings. The van der Waals surface area contributed by atoms with Crippen molar-refractivity contribution in [3.63, 3.8) is 0 Å². The number of halogens is 3. The van der Waals surface area contributed by atoms with Gasteiger partial charge < -0.3 is 10.4 Å². The van der Waals surface area contributed by atoms with Crippen LogP contribution in [0.4, 0.5) is 18.9 Å². The number of nitrogens with one attached hydrogen (secondary N) is 1. The maximum atomic E-state index is 12.0. The van der Waals surface area contributed by atoms with Gasteiger partial charge in [-0.3, -0.25) is 9.59 Å². The average Bonchev–Trinajstić information content (AvgIpc) is 2.42. The number of hydrogen-bond acceptors (Lipinski definition) is 4. The van der Waals surface area contributed by atoms with Crippen molar-refractivity contribution in [3.05, 3.63) is 29.8 Å². The van der Waals surface area contributed by atoms with Crippen molar-refractivity contribution >= 4 is 41.1 Å². The van der Waals surface area contributed by atoms with Crippen molar-refractivity contribution in [1.82, 2.24) is 0 Å². The number of carbonyl (C=O) groups is 2. The predicted molar refractivity (Wildman–Crippen MR) is 86.9 cm³/mol. The zero-order valence-corrected chi connectivity index (χ0v) is 13.7. The molecule has 0 aliphatic heterocycles. The summed E-state index contributed by atoms with van der Waals surface area (Å²) >= 11 is 1.97. The minimum absolute atomic E-state index is 0.0809. The summed E-state index contributed by atoms with van der Waals surface area (Å²) in [6, 6.07) is 6.94. The standard InChI is InChI=1S/C14H16F3NO3S2/c15-14(16,17)9-23-8-12(19)18-11-3-1-2-10(6-11)7-22-5-4-13(20)21/h1-3,6H,4-5,7-9H2,(H,18,19)(H,20,21). The third-order valence-corrected chi connectivity index (χ3v) is 4.47. The molecule has 2 N–H and O–H groups in total. The second-order valence-corrected chi connectivity index (χ2v) is 6.64. The number of aliphatic carboxylic acids is 1. The lowest BCUT2D eigenvalue weighted by Gasteiger charge is -2.08. The summed E-state index contributed by atoms with van der Waals surface area (Å²) in [7, 11) is 0. The molecular weight excluding hydrogens is 351 g/mol. The number of carboxylic acids is 1. The van der Waals surface area contributed by atoms with Gasteiger partial charge in [-0.15, -0.1) is 11.8 Å². The molecule has 128 valence electrons. The maximum Gasteiger partial charge on any atom is 0.397 e. The van der Waals surface area contributed by atoms with Crippen LogP contribution in [-0.4, -0.2) is 40.4 Å². The zero-order chi connectivity index (χ0) is 17.3. The van der Waals surface area contributed by atoms with Gasteiger partial charge in [-0.25, -0.2) is 0 Å². The number of hydrogen-bond donors (Lipinski definition) is 2. The van der Waals surface area contributed by atoms with Crippen LogP contribution in [0.15, 0.2) is 24.3 Å². The summed E-state index contributed by atoms with van der Waals surface area (Å²) in [5.74, 6) is -1.58. The molecule has 0 atom stereocenters. The van der Waals surface area contributed by atoms with E-state index in [1.807, 2.05) is 6.07 Å². The van der Waals surface area contributed by atoms with E-state index in [2.05, 4.69) is 5.32 Å². The molecule has 0 saturated carbocycles. The fourth-order valence-corrected chi connectivity index (χ4v) is 3.01. The Morgan fingerprint density at radius 2 is 1.96 bits per heavy atom. The highest BCUT2D eigenvalue weighted by Crippen LogP contribution is 2.21. The van der Waals surface area contributed by atoms with Gasteiger partial charge in [0.1, 0.15) is 0 Å². The van der Waals surface area contributed by atoms with E-state index in [1.54, 1.807) is 18.2 Å². The van der Waals surface area contributed by atoms with E-state index in [1.165, 1.54) is 11.8 Å². The zero-order valence-electron chi connectivity index (χ0n) is 12.1. The molecule has 0 spiro atoms. The van der Waals surface area contributed by atoms with Gasteiger partial charge in [0.2, 0.25) is 5.91 Å². The summed E-state index contributed by atoms with van der Waals surface area (Å²) in [6.07, 6.45) is -4.20. The Morgan fingerprint density at radius 1 is 1.22 bits per heavy atom. The Balaban J connectivity index is 2.38. The number of benzene rings is 1. The van der Waals surface area contributed by atoms with Crippen molar-refractivity contribution in [1.29, 1.82) is 0 Å². The average molecular weight is 367 g/mol. The SMILES string of the molecule is O=C(O)CCSCc1cccc(NC(=O)CSCC(F)(F)F)c1. The van der Waals surface area contributed by atoms with E-state index >= 15 is 0 Å². The van der Waals surface area contributed by atoms with Gasteiger partial charge in [0.05, 0.1) is 17.9 Å². The predicted octanol–water partition coefficient (Wildman–Crippen LogP) is 3.63. The van der Waals surface area contributed by atoms with Crippen LogP contribution in [-0.2, 0) is 15.3 Å². The first-order valence-corrected chi connectivity index (χ1v) is 8.90. The maximum absolute atomic E-state index is 12.0. The van der Waals surface area contributed by atoms with Gasteiger partial charge in [0.25, 0.3) is 0 Å². The minimum atomic E-state index is -4.28. The summed E-state index contributed by atoms with van der Waals surface area (Å²) in [5, 5.41) is 11.1. The number of alkyl halides is 3. The third kappa shape index (κ3) is 10.1. The molecular formula is C14H16F3NO3S2. The second-order valence-electron chi connectivity index (χ2n) is 4.55. The number of anilines is 1. The Bertz CT molecular complexity index is 538. The Hall–Kier alpha value is -1.35. The highest BCUT2D eigenvalue weighted by Gasteiger charge is 2.27. The van der Waals surface area contributed by atoms with Crippen LogP contribution in [0.25, 0.3) is 0 Å². The van der Waals surface area contributed by atoms with E-state index in [4.69, 9.17) is 5.11 Å². The van der Waals surface area contributed by atoms with Crippen molar-refractivity contribution in [2.45, 2.75) is 18.3 Å². The molecule has 23 heavy (non-hydrogen) atoms. The lowest BCUT2D eigenvalue weighted by atomic mass is 10.2. The lowest BCUT2D eigenvalue weighted by molar-refractivity contribution is -0.136. The van der Waals surface area contributed by atoms with Crippen LogP contribution in [0.3, 0.4) is 0 Å². The molecule has 0 radical (unpaired) electrons. The van der Waals surface area contributed by atoms with Crippen LogP contribution in [0.5, 0.6) is 0 Å². The molecule has 1 rings (SSSR count). The summed E-state index contributed by atoms with van der Waals surface area (Å²) in [5.41, 5.74) is 1.42. The molecule has 4 nitrogen and oxygen atoms in total. The number of carboxylic acid groups (broad SMARTS) is 1. The Labute approximate surface area is 140 Å². The monoisotopic (exact) mass is 367 g/mol. The first kappa shape index (κ1) is 19.7. The quantitative estimate of drug-likeness (QED) is 0.653. The van der Waals surface area contributed by atoms with E-state index in [0.717, 1.165) is 5.56 Å². The molecule has 0 saturated heterocycles. The molecule has 0 aliphatic carbocycles. The lowest BCUT2D eigenvalue weighted by Crippen LogP contribution is -2.17. The number of amides is 1. The molecule has 1 amide bonds. The topological polar surface area (TPSA) is 66.4 Å². The normalized spacial score (nSPS) is 11.3. The highest BCUT2D eigenvalue weighted by atomic mass is 32.2. The van der Waals surface area contributed by atoms with Crippen molar-refractivity contribution < 1.29 is 27.9 Å². The van der Waals surface area contributed by atoms with Crippen molar-refractivity contribution in [3.8, 4) is 0 Å². The summed E-state index contributed by atoms with van der Waals surface area (Å²) < 4.78 is 36.0. The molecule has 0 aromatic heterocycles. The fraction of sp³-hybridized carbons (Fsp3) is 0.429.